The minimum Gasteiger partial charge on any atom is -0.325 e. The van der Waals surface area contributed by atoms with Gasteiger partial charge in [0, 0.05) is 22.8 Å². The molecule has 0 bridgehead atoms. The predicted octanol–water partition coefficient (Wildman–Crippen LogP) is 5.47. The van der Waals surface area contributed by atoms with Crippen molar-refractivity contribution in [3.63, 3.8) is 0 Å². The lowest BCUT2D eigenvalue weighted by Crippen LogP contribution is -2.16. The van der Waals surface area contributed by atoms with Gasteiger partial charge in [-0.2, -0.15) is 0 Å². The van der Waals surface area contributed by atoms with Crippen LogP contribution in [0.2, 0.25) is 5.02 Å². The van der Waals surface area contributed by atoms with Crippen molar-refractivity contribution < 1.29 is 4.79 Å². The highest BCUT2D eigenvalue weighted by Crippen LogP contribution is 2.27. The van der Waals surface area contributed by atoms with Gasteiger partial charge in [-0.15, -0.1) is 10.2 Å². The van der Waals surface area contributed by atoms with Crippen LogP contribution in [0.15, 0.2) is 53.7 Å². The number of benzene rings is 2. The summed E-state index contributed by atoms with van der Waals surface area (Å²) in [5.74, 6) is 1.29. The van der Waals surface area contributed by atoms with Crippen LogP contribution in [0.3, 0.4) is 0 Å². The number of thioether (sulfide) groups is 1. The van der Waals surface area contributed by atoms with Crippen molar-refractivity contribution in [2.24, 2.45) is 0 Å². The fraction of sp³-hybridized carbons (Fsp3) is 0.286. The Morgan fingerprint density at radius 2 is 1.96 bits per heavy atom. The number of hydrogen-bond acceptors (Lipinski definition) is 4. The summed E-state index contributed by atoms with van der Waals surface area (Å²) in [6.45, 7) is 6.96. The van der Waals surface area contributed by atoms with E-state index in [1.165, 1.54) is 11.8 Å². The third-order valence-electron chi connectivity index (χ3n) is 4.31. The van der Waals surface area contributed by atoms with Crippen LogP contribution in [-0.4, -0.2) is 26.4 Å². The van der Waals surface area contributed by atoms with Crippen LogP contribution >= 0.6 is 23.4 Å². The Labute approximate surface area is 174 Å². The van der Waals surface area contributed by atoms with E-state index in [-0.39, 0.29) is 11.7 Å². The highest BCUT2D eigenvalue weighted by molar-refractivity contribution is 7.99. The smallest absolute Gasteiger partial charge is 0.234 e. The average molecular weight is 415 g/mol. The number of nitrogens with zero attached hydrogens (tertiary/aromatic N) is 3. The van der Waals surface area contributed by atoms with Crippen molar-refractivity contribution >= 4 is 35.0 Å². The number of carbonyl (C=O) groups excluding carboxylic acids is 1. The Morgan fingerprint density at radius 1 is 1.18 bits per heavy atom. The third kappa shape index (κ3) is 4.75. The molecule has 0 radical (unpaired) electrons. The van der Waals surface area contributed by atoms with Gasteiger partial charge in [0.15, 0.2) is 11.0 Å². The van der Waals surface area contributed by atoms with Crippen LogP contribution in [0.1, 0.15) is 32.3 Å². The van der Waals surface area contributed by atoms with E-state index < -0.39 is 0 Å². The maximum Gasteiger partial charge on any atom is 0.234 e. The Hall–Kier alpha value is -2.31. The van der Waals surface area contributed by atoms with E-state index in [0.717, 1.165) is 22.6 Å². The summed E-state index contributed by atoms with van der Waals surface area (Å²) >= 11 is 7.47. The monoisotopic (exact) mass is 414 g/mol. The highest BCUT2D eigenvalue weighted by atomic mass is 35.5. The number of para-hydroxylation sites is 1. The summed E-state index contributed by atoms with van der Waals surface area (Å²) in [6, 6.07) is 15.4. The van der Waals surface area contributed by atoms with Gasteiger partial charge in [-0.25, -0.2) is 0 Å². The standard InChI is InChI=1S/C21H23ClN4OS/c1-4-26-20(15-8-7-9-16(22)12-15)24-25-21(26)28-13-19(27)23-18-11-6-5-10-17(18)14(2)3/h5-12,14H,4,13H2,1-3H3,(H,23,27). The van der Waals surface area contributed by atoms with Gasteiger partial charge in [-0.05, 0) is 36.6 Å². The summed E-state index contributed by atoms with van der Waals surface area (Å²) < 4.78 is 1.99. The molecule has 3 aromatic rings. The van der Waals surface area contributed by atoms with E-state index in [1.807, 2.05) is 60.0 Å². The summed E-state index contributed by atoms with van der Waals surface area (Å²) in [6.07, 6.45) is 0. The molecule has 0 unspecified atom stereocenters. The van der Waals surface area contributed by atoms with E-state index in [4.69, 9.17) is 11.6 Å². The van der Waals surface area contributed by atoms with Crippen LogP contribution in [0.4, 0.5) is 5.69 Å². The number of rotatable bonds is 7. The van der Waals surface area contributed by atoms with E-state index >= 15 is 0 Å². The highest BCUT2D eigenvalue weighted by Gasteiger charge is 2.15. The molecule has 0 aliphatic rings. The topological polar surface area (TPSA) is 59.8 Å². The van der Waals surface area contributed by atoms with E-state index in [2.05, 4.69) is 29.4 Å². The zero-order valence-corrected chi connectivity index (χ0v) is 17.7. The van der Waals surface area contributed by atoms with Gasteiger partial charge in [0.2, 0.25) is 5.91 Å². The first kappa shape index (κ1) is 20.4. The molecule has 1 aromatic heterocycles. The lowest BCUT2D eigenvalue weighted by molar-refractivity contribution is -0.113. The van der Waals surface area contributed by atoms with Gasteiger partial charge >= 0.3 is 0 Å². The fourth-order valence-electron chi connectivity index (χ4n) is 2.95. The summed E-state index contributed by atoms with van der Waals surface area (Å²) in [7, 11) is 0. The van der Waals surface area contributed by atoms with Crippen molar-refractivity contribution in [1.29, 1.82) is 0 Å². The molecule has 0 spiro atoms. The van der Waals surface area contributed by atoms with Gasteiger partial charge in [0.25, 0.3) is 0 Å². The first-order valence-electron chi connectivity index (χ1n) is 9.20. The first-order valence-corrected chi connectivity index (χ1v) is 10.6. The number of halogens is 1. The van der Waals surface area contributed by atoms with Crippen molar-refractivity contribution in [3.8, 4) is 11.4 Å². The molecule has 5 nitrogen and oxygen atoms in total. The van der Waals surface area contributed by atoms with Crippen LogP contribution in [0, 0.1) is 0 Å². The van der Waals surface area contributed by atoms with E-state index in [0.29, 0.717) is 22.6 Å². The van der Waals surface area contributed by atoms with Gasteiger partial charge in [0.1, 0.15) is 0 Å². The van der Waals surface area contributed by atoms with E-state index in [1.54, 1.807) is 0 Å². The Bertz CT molecular complexity index is 971. The molecule has 0 saturated heterocycles. The predicted molar refractivity (Wildman–Crippen MR) is 116 cm³/mol. The Balaban J connectivity index is 1.71. The molecule has 7 heteroatoms. The molecule has 2 aromatic carbocycles. The number of nitrogens with one attached hydrogen (secondary N) is 1. The number of aromatic nitrogens is 3. The Kier molecular flexibility index (Phi) is 6.75. The van der Waals surface area contributed by atoms with Crippen LogP contribution in [0.5, 0.6) is 0 Å². The van der Waals surface area contributed by atoms with Gasteiger partial charge < -0.3 is 9.88 Å². The summed E-state index contributed by atoms with van der Waals surface area (Å²) in [4.78, 5) is 12.5. The molecule has 0 atom stereocenters. The Morgan fingerprint density at radius 3 is 2.68 bits per heavy atom. The molecule has 1 heterocycles. The molecule has 1 amide bonds. The second-order valence-electron chi connectivity index (χ2n) is 6.64. The maximum atomic E-state index is 12.5. The molecular weight excluding hydrogens is 392 g/mol. The molecule has 1 N–H and O–H groups in total. The van der Waals surface area contributed by atoms with Crippen LogP contribution in [0.25, 0.3) is 11.4 Å². The second-order valence-corrected chi connectivity index (χ2v) is 8.02. The average Bonchev–Trinajstić information content (AvgIpc) is 3.09. The molecule has 0 aliphatic heterocycles. The minimum absolute atomic E-state index is 0.0620. The van der Waals surface area contributed by atoms with Crippen molar-refractivity contribution in [2.45, 2.75) is 38.4 Å². The molecule has 28 heavy (non-hydrogen) atoms. The van der Waals surface area contributed by atoms with Crippen molar-refractivity contribution in [3.05, 3.63) is 59.1 Å². The van der Waals surface area contributed by atoms with Gasteiger partial charge in [-0.3, -0.25) is 4.79 Å². The number of anilines is 1. The number of carbonyl (C=O) groups is 1. The normalized spacial score (nSPS) is 11.0. The largest absolute Gasteiger partial charge is 0.325 e. The zero-order chi connectivity index (χ0) is 20.1. The molecule has 146 valence electrons. The lowest BCUT2D eigenvalue weighted by Gasteiger charge is -2.13. The zero-order valence-electron chi connectivity index (χ0n) is 16.1. The molecular formula is C21H23ClN4OS. The summed E-state index contributed by atoms with van der Waals surface area (Å²) in [5.41, 5.74) is 2.89. The van der Waals surface area contributed by atoms with Crippen LogP contribution < -0.4 is 5.32 Å². The quantitative estimate of drug-likeness (QED) is 0.520. The first-order chi connectivity index (χ1) is 13.5. The third-order valence-corrected chi connectivity index (χ3v) is 5.51. The number of hydrogen-bond donors (Lipinski definition) is 1. The number of amides is 1. The van der Waals surface area contributed by atoms with Gasteiger partial charge in [-0.1, -0.05) is 67.5 Å². The lowest BCUT2D eigenvalue weighted by atomic mass is 10.0. The van der Waals surface area contributed by atoms with E-state index in [9.17, 15) is 4.79 Å². The summed E-state index contributed by atoms with van der Waals surface area (Å²) in [5, 5.41) is 12.9. The van der Waals surface area contributed by atoms with Crippen LogP contribution in [-0.2, 0) is 11.3 Å². The van der Waals surface area contributed by atoms with Crippen molar-refractivity contribution in [2.75, 3.05) is 11.1 Å². The van der Waals surface area contributed by atoms with Crippen molar-refractivity contribution in [1.82, 2.24) is 14.8 Å². The fourth-order valence-corrected chi connectivity index (χ4v) is 3.94. The second kappa shape index (κ2) is 9.26. The van der Waals surface area contributed by atoms with Gasteiger partial charge in [0.05, 0.1) is 5.75 Å². The molecule has 0 saturated carbocycles. The minimum atomic E-state index is -0.0620. The molecule has 3 rings (SSSR count). The molecule has 0 fully saturated rings. The maximum absolute atomic E-state index is 12.5. The molecule has 0 aliphatic carbocycles. The SMILES string of the molecule is CCn1c(SCC(=O)Nc2ccccc2C(C)C)nnc1-c1cccc(Cl)c1.